The van der Waals surface area contributed by atoms with E-state index in [-0.39, 0.29) is 4.92 Å². The van der Waals surface area contributed by atoms with E-state index in [0.717, 1.165) is 10.9 Å². The summed E-state index contributed by atoms with van der Waals surface area (Å²) in [6, 6.07) is 17.7. The standard InChI is InChI=1S/C15H12N2O2/c18-17(19)15(11-6-2-1-3-7-11)14-10-12-8-4-5-9-13(12)16-14/h1-10,15-16H. The number of H-pyrrole nitrogens is 1. The van der Waals surface area contributed by atoms with Crippen LogP contribution in [0.2, 0.25) is 0 Å². The van der Waals surface area contributed by atoms with Gasteiger partial charge in [0.2, 0.25) is 0 Å². The Morgan fingerprint density at radius 1 is 1.00 bits per heavy atom. The first kappa shape index (κ1) is 11.5. The number of hydrogen-bond donors (Lipinski definition) is 1. The van der Waals surface area contributed by atoms with Gasteiger partial charge in [-0.25, -0.2) is 0 Å². The van der Waals surface area contributed by atoms with E-state index in [1.165, 1.54) is 0 Å². The Balaban J connectivity index is 2.12. The molecule has 0 bridgehead atoms. The van der Waals surface area contributed by atoms with Crippen LogP contribution in [0.5, 0.6) is 0 Å². The van der Waals surface area contributed by atoms with E-state index in [4.69, 9.17) is 0 Å². The lowest BCUT2D eigenvalue weighted by atomic mass is 10.0. The highest BCUT2D eigenvalue weighted by atomic mass is 16.6. The van der Waals surface area contributed by atoms with Crippen molar-refractivity contribution < 1.29 is 4.92 Å². The predicted molar refractivity (Wildman–Crippen MR) is 73.6 cm³/mol. The Hall–Kier alpha value is -2.62. The number of para-hydroxylation sites is 1. The van der Waals surface area contributed by atoms with Gasteiger partial charge >= 0.3 is 0 Å². The lowest BCUT2D eigenvalue weighted by molar-refractivity contribution is -0.518. The Kier molecular flexibility index (Phi) is 2.76. The van der Waals surface area contributed by atoms with Crippen molar-refractivity contribution in [1.29, 1.82) is 0 Å². The summed E-state index contributed by atoms with van der Waals surface area (Å²) < 4.78 is 0. The van der Waals surface area contributed by atoms with E-state index in [2.05, 4.69) is 4.98 Å². The summed E-state index contributed by atoms with van der Waals surface area (Å²) in [5, 5.41) is 12.3. The first-order chi connectivity index (χ1) is 9.25. The minimum absolute atomic E-state index is 0.264. The second-order valence-corrected chi connectivity index (χ2v) is 4.41. The fourth-order valence-electron chi connectivity index (χ4n) is 2.29. The Morgan fingerprint density at radius 2 is 1.68 bits per heavy atom. The Bertz CT molecular complexity index is 686. The molecule has 1 N–H and O–H groups in total. The molecule has 0 radical (unpaired) electrons. The summed E-state index contributed by atoms with van der Waals surface area (Å²) in [4.78, 5) is 14.2. The number of rotatable bonds is 3. The van der Waals surface area contributed by atoms with Crippen LogP contribution in [0.15, 0.2) is 60.7 Å². The summed E-state index contributed by atoms with van der Waals surface area (Å²) >= 11 is 0. The summed E-state index contributed by atoms with van der Waals surface area (Å²) in [6.07, 6.45) is 0. The van der Waals surface area contributed by atoms with Gasteiger partial charge in [0.05, 0.1) is 5.69 Å². The van der Waals surface area contributed by atoms with Gasteiger partial charge in [-0.05, 0) is 17.5 Å². The molecule has 4 nitrogen and oxygen atoms in total. The zero-order valence-corrected chi connectivity index (χ0v) is 10.1. The first-order valence-electron chi connectivity index (χ1n) is 6.02. The van der Waals surface area contributed by atoms with Crippen LogP contribution < -0.4 is 0 Å². The third-order valence-electron chi connectivity index (χ3n) is 3.17. The second-order valence-electron chi connectivity index (χ2n) is 4.41. The molecule has 94 valence electrons. The maximum Gasteiger partial charge on any atom is 0.277 e. The molecule has 3 rings (SSSR count). The van der Waals surface area contributed by atoms with Crippen LogP contribution in [-0.4, -0.2) is 9.91 Å². The number of fused-ring (bicyclic) bond motifs is 1. The van der Waals surface area contributed by atoms with Gasteiger partial charge in [0.25, 0.3) is 6.04 Å². The molecular formula is C15H12N2O2. The number of aromatic amines is 1. The molecule has 19 heavy (non-hydrogen) atoms. The number of aromatic nitrogens is 1. The van der Waals surface area contributed by atoms with Gasteiger partial charge in [0, 0.05) is 16.0 Å². The highest BCUT2D eigenvalue weighted by molar-refractivity contribution is 5.80. The molecule has 4 heteroatoms. The molecule has 2 aromatic carbocycles. The lowest BCUT2D eigenvalue weighted by Crippen LogP contribution is -2.12. The number of nitro groups is 1. The van der Waals surface area contributed by atoms with Crippen molar-refractivity contribution in [3.63, 3.8) is 0 Å². The van der Waals surface area contributed by atoms with Crippen LogP contribution in [0.3, 0.4) is 0 Å². The SMILES string of the molecule is O=[N+]([O-])C(c1ccccc1)c1cc2ccccc2[nH]1. The zero-order valence-electron chi connectivity index (χ0n) is 10.1. The van der Waals surface area contributed by atoms with Gasteiger partial charge < -0.3 is 4.98 Å². The van der Waals surface area contributed by atoms with Crippen LogP contribution in [0.4, 0.5) is 0 Å². The van der Waals surface area contributed by atoms with Gasteiger partial charge in [-0.2, -0.15) is 0 Å². The van der Waals surface area contributed by atoms with Crippen molar-refractivity contribution in [2.24, 2.45) is 0 Å². The molecule has 1 aromatic heterocycles. The molecular weight excluding hydrogens is 240 g/mol. The molecule has 0 aliphatic carbocycles. The summed E-state index contributed by atoms with van der Waals surface area (Å²) in [6.45, 7) is 0. The van der Waals surface area contributed by atoms with Crippen LogP contribution in [0.25, 0.3) is 10.9 Å². The minimum Gasteiger partial charge on any atom is -0.352 e. The van der Waals surface area contributed by atoms with E-state index in [0.29, 0.717) is 11.3 Å². The molecule has 1 atom stereocenters. The summed E-state index contributed by atoms with van der Waals surface area (Å²) in [7, 11) is 0. The smallest absolute Gasteiger partial charge is 0.277 e. The van der Waals surface area contributed by atoms with Crippen molar-refractivity contribution in [3.8, 4) is 0 Å². The van der Waals surface area contributed by atoms with Gasteiger partial charge in [-0.3, -0.25) is 10.1 Å². The molecule has 0 saturated heterocycles. The molecule has 0 fully saturated rings. The van der Waals surface area contributed by atoms with E-state index in [1.807, 2.05) is 48.5 Å². The normalized spacial score (nSPS) is 12.4. The van der Waals surface area contributed by atoms with Crippen LogP contribution in [0.1, 0.15) is 17.3 Å². The fourth-order valence-corrected chi connectivity index (χ4v) is 2.29. The Morgan fingerprint density at radius 3 is 2.37 bits per heavy atom. The average molecular weight is 252 g/mol. The minimum atomic E-state index is -0.853. The maximum absolute atomic E-state index is 11.4. The number of nitrogens with one attached hydrogen (secondary N) is 1. The summed E-state index contributed by atoms with van der Waals surface area (Å²) in [5.74, 6) is 0. The zero-order chi connectivity index (χ0) is 13.2. The topological polar surface area (TPSA) is 58.9 Å². The van der Waals surface area contributed by atoms with E-state index >= 15 is 0 Å². The largest absolute Gasteiger partial charge is 0.352 e. The fraction of sp³-hybridized carbons (Fsp3) is 0.0667. The molecule has 0 saturated carbocycles. The van der Waals surface area contributed by atoms with Gasteiger partial charge in [-0.1, -0.05) is 48.5 Å². The molecule has 0 aliphatic heterocycles. The molecule has 1 unspecified atom stereocenters. The molecule has 1 heterocycles. The van der Waals surface area contributed by atoms with Crippen molar-refractivity contribution in [2.75, 3.05) is 0 Å². The van der Waals surface area contributed by atoms with E-state index < -0.39 is 6.04 Å². The first-order valence-corrected chi connectivity index (χ1v) is 6.02. The highest BCUT2D eigenvalue weighted by Gasteiger charge is 2.26. The number of hydrogen-bond acceptors (Lipinski definition) is 2. The van der Waals surface area contributed by atoms with E-state index in [1.54, 1.807) is 12.1 Å². The van der Waals surface area contributed by atoms with Gasteiger partial charge in [0.15, 0.2) is 0 Å². The quantitative estimate of drug-likeness (QED) is 0.572. The van der Waals surface area contributed by atoms with Crippen LogP contribution in [-0.2, 0) is 0 Å². The summed E-state index contributed by atoms with van der Waals surface area (Å²) in [5.41, 5.74) is 2.21. The van der Waals surface area contributed by atoms with Gasteiger partial charge in [0.1, 0.15) is 0 Å². The van der Waals surface area contributed by atoms with Crippen molar-refractivity contribution >= 4 is 10.9 Å². The van der Waals surface area contributed by atoms with Gasteiger partial charge in [-0.15, -0.1) is 0 Å². The van der Waals surface area contributed by atoms with E-state index in [9.17, 15) is 10.1 Å². The van der Waals surface area contributed by atoms with Crippen LogP contribution >= 0.6 is 0 Å². The molecule has 0 spiro atoms. The maximum atomic E-state index is 11.4. The predicted octanol–water partition coefficient (Wildman–Crippen LogP) is 3.53. The highest BCUT2D eigenvalue weighted by Crippen LogP contribution is 2.27. The lowest BCUT2D eigenvalue weighted by Gasteiger charge is -2.07. The van der Waals surface area contributed by atoms with Crippen molar-refractivity contribution in [3.05, 3.63) is 82.0 Å². The van der Waals surface area contributed by atoms with Crippen LogP contribution in [0, 0.1) is 10.1 Å². The third kappa shape index (κ3) is 2.08. The number of nitrogens with zero attached hydrogens (tertiary/aromatic N) is 1. The second kappa shape index (κ2) is 4.57. The molecule has 0 aliphatic rings. The monoisotopic (exact) mass is 252 g/mol. The number of benzene rings is 2. The Labute approximate surface area is 109 Å². The molecule has 0 amide bonds. The van der Waals surface area contributed by atoms with Crippen molar-refractivity contribution in [1.82, 2.24) is 4.98 Å². The third-order valence-corrected chi connectivity index (χ3v) is 3.17. The molecule has 3 aromatic rings. The average Bonchev–Trinajstić information content (AvgIpc) is 2.82. The van der Waals surface area contributed by atoms with Crippen molar-refractivity contribution in [2.45, 2.75) is 6.04 Å².